The molecule has 7 heteroatoms. The van der Waals surface area contributed by atoms with Gasteiger partial charge in [0, 0.05) is 49.4 Å². The van der Waals surface area contributed by atoms with E-state index >= 15 is 0 Å². The van der Waals surface area contributed by atoms with Gasteiger partial charge in [-0.15, -0.1) is 11.3 Å². The number of amides is 2. The molecule has 0 N–H and O–H groups in total. The second-order valence-corrected chi connectivity index (χ2v) is 9.44. The molecule has 0 radical (unpaired) electrons. The fourth-order valence-corrected chi connectivity index (χ4v) is 6.10. The smallest absolute Gasteiger partial charge is 0.254 e. The summed E-state index contributed by atoms with van der Waals surface area (Å²) in [6.07, 6.45) is 7.14. The summed E-state index contributed by atoms with van der Waals surface area (Å²) in [7, 11) is 0. The van der Waals surface area contributed by atoms with Crippen LogP contribution in [0.5, 0.6) is 0 Å². The normalized spacial score (nSPS) is 26.5. The summed E-state index contributed by atoms with van der Waals surface area (Å²) in [5.74, 6) is 0.606. The first-order valence-electron chi connectivity index (χ1n) is 11.0. The third-order valence-corrected chi connectivity index (χ3v) is 7.74. The molecule has 2 saturated heterocycles. The number of fused-ring (bicyclic) bond motifs is 1. The zero-order valence-corrected chi connectivity index (χ0v) is 18.0. The van der Waals surface area contributed by atoms with Gasteiger partial charge in [-0.25, -0.2) is 4.98 Å². The van der Waals surface area contributed by atoms with E-state index in [1.807, 2.05) is 51.7 Å². The maximum absolute atomic E-state index is 13.6. The van der Waals surface area contributed by atoms with E-state index in [0.717, 1.165) is 43.9 Å². The number of benzene rings is 1. The Morgan fingerprint density at radius 2 is 1.77 bits per heavy atom. The van der Waals surface area contributed by atoms with Crippen LogP contribution in [0.3, 0.4) is 0 Å². The van der Waals surface area contributed by atoms with Gasteiger partial charge in [0.15, 0.2) is 5.13 Å². The molecule has 1 aromatic carbocycles. The lowest BCUT2D eigenvalue weighted by Crippen LogP contribution is -2.55. The number of rotatable bonds is 3. The van der Waals surface area contributed by atoms with E-state index in [-0.39, 0.29) is 23.9 Å². The molecule has 2 aromatic rings. The van der Waals surface area contributed by atoms with Gasteiger partial charge in [0.05, 0.1) is 0 Å². The van der Waals surface area contributed by atoms with Crippen molar-refractivity contribution in [2.45, 2.75) is 44.2 Å². The van der Waals surface area contributed by atoms with Crippen LogP contribution in [-0.4, -0.2) is 64.9 Å². The standard InChI is InChI=1S/C23H28N4O2S/c28-21(17-6-2-1-3-7-17)27-19-9-5-4-8-18(19)16-20(27)22(29)25-11-13-26(14-12-25)23-24-10-15-30-23/h1-3,6-7,10,15,18-20H,4-5,8-9,11-14,16H2. The number of aromatic nitrogens is 1. The maximum Gasteiger partial charge on any atom is 0.254 e. The number of nitrogens with zero attached hydrogens (tertiary/aromatic N) is 4. The number of piperazine rings is 1. The minimum absolute atomic E-state index is 0.0183. The predicted octanol–water partition coefficient (Wildman–Crippen LogP) is 3.27. The number of hydrogen-bond donors (Lipinski definition) is 0. The Bertz CT molecular complexity index is 880. The Morgan fingerprint density at radius 3 is 2.50 bits per heavy atom. The number of carbonyl (C=O) groups is 2. The Hall–Kier alpha value is -2.41. The van der Waals surface area contributed by atoms with Crippen molar-refractivity contribution in [1.29, 1.82) is 0 Å². The highest BCUT2D eigenvalue weighted by Crippen LogP contribution is 2.41. The van der Waals surface area contributed by atoms with E-state index in [1.54, 1.807) is 11.3 Å². The topological polar surface area (TPSA) is 56.8 Å². The van der Waals surface area contributed by atoms with E-state index in [1.165, 1.54) is 6.42 Å². The summed E-state index contributed by atoms with van der Waals surface area (Å²) in [6, 6.07) is 9.34. The minimum atomic E-state index is -0.322. The number of anilines is 1. The third kappa shape index (κ3) is 3.60. The Morgan fingerprint density at radius 1 is 1.00 bits per heavy atom. The SMILES string of the molecule is O=C(C1CC2CCCCC2N1C(=O)c1ccccc1)N1CCN(c2nccs2)CC1. The van der Waals surface area contributed by atoms with E-state index in [4.69, 9.17) is 0 Å². The highest BCUT2D eigenvalue weighted by molar-refractivity contribution is 7.13. The number of likely N-dealkylation sites (tertiary alicyclic amines) is 1. The van der Waals surface area contributed by atoms with Crippen molar-refractivity contribution in [3.8, 4) is 0 Å². The van der Waals surface area contributed by atoms with Gasteiger partial charge in [0.2, 0.25) is 5.91 Å². The molecular formula is C23H28N4O2S. The summed E-state index contributed by atoms with van der Waals surface area (Å²) in [6.45, 7) is 2.98. The summed E-state index contributed by atoms with van der Waals surface area (Å²) in [4.78, 5) is 37.6. The van der Waals surface area contributed by atoms with Crippen LogP contribution in [-0.2, 0) is 4.79 Å². The van der Waals surface area contributed by atoms with Crippen LogP contribution in [0.15, 0.2) is 41.9 Å². The van der Waals surface area contributed by atoms with Gasteiger partial charge >= 0.3 is 0 Å². The van der Waals surface area contributed by atoms with Gasteiger partial charge in [-0.05, 0) is 37.3 Å². The second kappa shape index (κ2) is 8.38. The van der Waals surface area contributed by atoms with E-state index in [2.05, 4.69) is 9.88 Å². The highest BCUT2D eigenvalue weighted by Gasteiger charge is 2.48. The molecule has 3 heterocycles. The van der Waals surface area contributed by atoms with Gasteiger partial charge in [-0.2, -0.15) is 0 Å². The fourth-order valence-electron chi connectivity index (χ4n) is 5.40. The van der Waals surface area contributed by atoms with Gasteiger partial charge < -0.3 is 14.7 Å². The van der Waals surface area contributed by atoms with Crippen LogP contribution in [0.4, 0.5) is 5.13 Å². The molecule has 6 nitrogen and oxygen atoms in total. The molecule has 2 aliphatic heterocycles. The molecule has 3 aliphatic rings. The lowest BCUT2D eigenvalue weighted by atomic mass is 9.84. The molecule has 1 aromatic heterocycles. The zero-order valence-electron chi connectivity index (χ0n) is 17.2. The molecule has 1 aliphatic carbocycles. The van der Waals surface area contributed by atoms with Gasteiger partial charge in [0.25, 0.3) is 5.91 Å². The highest BCUT2D eigenvalue weighted by atomic mass is 32.1. The Kier molecular flexibility index (Phi) is 5.46. The monoisotopic (exact) mass is 424 g/mol. The van der Waals surface area contributed by atoms with Gasteiger partial charge in [0.1, 0.15) is 6.04 Å². The first-order valence-corrected chi connectivity index (χ1v) is 11.9. The zero-order chi connectivity index (χ0) is 20.5. The van der Waals surface area contributed by atoms with E-state index in [9.17, 15) is 9.59 Å². The molecular weight excluding hydrogens is 396 g/mol. The summed E-state index contributed by atoms with van der Waals surface area (Å²) in [5.41, 5.74) is 0.690. The van der Waals surface area contributed by atoms with Crippen molar-refractivity contribution in [2.24, 2.45) is 5.92 Å². The predicted molar refractivity (Wildman–Crippen MR) is 118 cm³/mol. The summed E-state index contributed by atoms with van der Waals surface area (Å²) >= 11 is 1.64. The van der Waals surface area contributed by atoms with Crippen LogP contribution in [0, 0.1) is 5.92 Å². The van der Waals surface area contributed by atoms with Gasteiger partial charge in [-0.3, -0.25) is 9.59 Å². The molecule has 5 rings (SSSR count). The fraction of sp³-hybridized carbons (Fsp3) is 0.522. The Labute approximate surface area is 181 Å². The lowest BCUT2D eigenvalue weighted by molar-refractivity contribution is -0.136. The van der Waals surface area contributed by atoms with Crippen molar-refractivity contribution >= 4 is 28.3 Å². The van der Waals surface area contributed by atoms with Crippen LogP contribution < -0.4 is 4.90 Å². The molecule has 30 heavy (non-hydrogen) atoms. The molecule has 0 spiro atoms. The van der Waals surface area contributed by atoms with Crippen molar-refractivity contribution in [1.82, 2.24) is 14.8 Å². The minimum Gasteiger partial charge on any atom is -0.345 e. The average molecular weight is 425 g/mol. The second-order valence-electron chi connectivity index (χ2n) is 8.57. The average Bonchev–Trinajstić information content (AvgIpc) is 3.47. The van der Waals surface area contributed by atoms with Crippen LogP contribution in [0.1, 0.15) is 42.5 Å². The maximum atomic E-state index is 13.6. The number of thiazole rings is 1. The molecule has 1 saturated carbocycles. The summed E-state index contributed by atoms with van der Waals surface area (Å²) < 4.78 is 0. The number of carbonyl (C=O) groups excluding carboxylic acids is 2. The molecule has 0 bridgehead atoms. The largest absolute Gasteiger partial charge is 0.345 e. The van der Waals surface area contributed by atoms with Gasteiger partial charge in [-0.1, -0.05) is 31.0 Å². The molecule has 2 amide bonds. The lowest BCUT2D eigenvalue weighted by Gasteiger charge is -2.38. The Balaban J connectivity index is 1.33. The first kappa shape index (κ1) is 19.5. The first-order chi connectivity index (χ1) is 14.7. The van der Waals surface area contributed by atoms with Crippen LogP contribution in [0.25, 0.3) is 0 Å². The summed E-state index contributed by atoms with van der Waals surface area (Å²) in [5, 5.41) is 3.01. The molecule has 3 atom stereocenters. The quantitative estimate of drug-likeness (QED) is 0.759. The third-order valence-electron chi connectivity index (χ3n) is 6.91. The molecule has 158 valence electrons. The van der Waals surface area contributed by atoms with Crippen molar-refractivity contribution in [3.05, 3.63) is 47.5 Å². The molecule has 3 fully saturated rings. The van der Waals surface area contributed by atoms with Crippen LogP contribution >= 0.6 is 11.3 Å². The van der Waals surface area contributed by atoms with Crippen molar-refractivity contribution in [2.75, 3.05) is 31.1 Å². The van der Waals surface area contributed by atoms with E-state index in [0.29, 0.717) is 24.6 Å². The van der Waals surface area contributed by atoms with E-state index < -0.39 is 0 Å². The number of hydrogen-bond acceptors (Lipinski definition) is 5. The van der Waals surface area contributed by atoms with Crippen molar-refractivity contribution < 1.29 is 9.59 Å². The van der Waals surface area contributed by atoms with Crippen LogP contribution in [0.2, 0.25) is 0 Å². The van der Waals surface area contributed by atoms with Crippen molar-refractivity contribution in [3.63, 3.8) is 0 Å². The molecule has 3 unspecified atom stereocenters.